The SMILES string of the molecule is C/C=C(/c1ccccc1OC(F)(F)F)N(CC)C(C)=Nc1ccc(S(=O)(=O)O)cc1. The Bertz CT molecular complexity index is 1050. The monoisotopic (exact) mass is 442 g/mol. The van der Waals surface area contributed by atoms with Crippen LogP contribution in [0.25, 0.3) is 5.70 Å². The zero-order valence-corrected chi connectivity index (χ0v) is 17.3. The van der Waals surface area contributed by atoms with Crippen LogP contribution in [-0.4, -0.2) is 36.6 Å². The van der Waals surface area contributed by atoms with Gasteiger partial charge in [-0.2, -0.15) is 8.42 Å². The van der Waals surface area contributed by atoms with Gasteiger partial charge in [0.15, 0.2) is 0 Å². The van der Waals surface area contributed by atoms with Crippen molar-refractivity contribution in [3.63, 3.8) is 0 Å². The van der Waals surface area contributed by atoms with Crippen molar-refractivity contribution in [3.05, 3.63) is 60.2 Å². The van der Waals surface area contributed by atoms with Gasteiger partial charge < -0.3 is 9.64 Å². The predicted molar refractivity (Wildman–Crippen MR) is 108 cm³/mol. The highest BCUT2D eigenvalue weighted by Crippen LogP contribution is 2.33. The number of aliphatic imine (C=N–C) groups is 1. The highest BCUT2D eigenvalue weighted by atomic mass is 32.2. The van der Waals surface area contributed by atoms with Crippen LogP contribution in [0.1, 0.15) is 26.3 Å². The Kier molecular flexibility index (Phi) is 7.27. The number of hydrogen-bond acceptors (Lipinski definition) is 4. The average molecular weight is 442 g/mol. The molecule has 0 spiro atoms. The summed E-state index contributed by atoms with van der Waals surface area (Å²) in [5.74, 6) is 0.133. The molecule has 30 heavy (non-hydrogen) atoms. The Morgan fingerprint density at radius 2 is 1.77 bits per heavy atom. The zero-order valence-electron chi connectivity index (χ0n) is 16.5. The summed E-state index contributed by atoms with van der Waals surface area (Å²) in [4.78, 5) is 5.85. The summed E-state index contributed by atoms with van der Waals surface area (Å²) in [6.07, 6.45) is -3.17. The number of alkyl halides is 3. The van der Waals surface area contributed by atoms with Gasteiger partial charge in [0.2, 0.25) is 0 Å². The molecule has 0 bridgehead atoms. The van der Waals surface area contributed by atoms with Crippen LogP contribution in [-0.2, 0) is 10.1 Å². The number of ether oxygens (including phenoxy) is 1. The van der Waals surface area contributed by atoms with Crippen LogP contribution in [0, 0.1) is 0 Å². The third-order valence-corrected chi connectivity index (χ3v) is 4.95. The molecule has 0 atom stereocenters. The Hall–Kier alpha value is -2.85. The lowest BCUT2D eigenvalue weighted by molar-refractivity contribution is -0.274. The smallest absolute Gasteiger partial charge is 0.405 e. The molecule has 2 rings (SSSR count). The maximum absolute atomic E-state index is 12.8. The predicted octanol–water partition coefficient (Wildman–Crippen LogP) is 5.26. The molecule has 0 radical (unpaired) electrons. The molecule has 0 amide bonds. The lowest BCUT2D eigenvalue weighted by Gasteiger charge is -2.27. The lowest BCUT2D eigenvalue weighted by Crippen LogP contribution is -2.28. The van der Waals surface area contributed by atoms with Crippen molar-refractivity contribution in [1.29, 1.82) is 0 Å². The van der Waals surface area contributed by atoms with Gasteiger partial charge in [-0.3, -0.25) is 4.55 Å². The van der Waals surface area contributed by atoms with E-state index in [1.807, 2.05) is 6.92 Å². The van der Waals surface area contributed by atoms with E-state index in [0.717, 1.165) is 0 Å². The molecule has 1 N–H and O–H groups in total. The summed E-state index contributed by atoms with van der Waals surface area (Å²) >= 11 is 0. The molecule has 0 unspecified atom stereocenters. The van der Waals surface area contributed by atoms with E-state index in [0.29, 0.717) is 23.8 Å². The number of halogens is 3. The van der Waals surface area contributed by atoms with Crippen LogP contribution in [0.4, 0.5) is 18.9 Å². The van der Waals surface area contributed by atoms with Crippen LogP contribution in [0.3, 0.4) is 0 Å². The number of amidine groups is 1. The molecule has 0 saturated heterocycles. The lowest BCUT2D eigenvalue weighted by atomic mass is 10.1. The molecule has 0 aliphatic heterocycles. The van der Waals surface area contributed by atoms with Gasteiger partial charge >= 0.3 is 6.36 Å². The molecule has 162 valence electrons. The third-order valence-electron chi connectivity index (χ3n) is 4.09. The van der Waals surface area contributed by atoms with Gasteiger partial charge in [0.1, 0.15) is 11.6 Å². The molecule has 10 heteroatoms. The van der Waals surface area contributed by atoms with E-state index in [4.69, 9.17) is 4.55 Å². The van der Waals surface area contributed by atoms with E-state index < -0.39 is 16.5 Å². The van der Waals surface area contributed by atoms with Crippen LogP contribution < -0.4 is 4.74 Å². The van der Waals surface area contributed by atoms with Crippen molar-refractivity contribution < 1.29 is 30.9 Å². The highest BCUT2D eigenvalue weighted by Gasteiger charge is 2.32. The number of hydrogen-bond donors (Lipinski definition) is 1. The molecule has 0 heterocycles. The second kappa shape index (κ2) is 9.31. The van der Waals surface area contributed by atoms with E-state index in [-0.39, 0.29) is 16.2 Å². The maximum Gasteiger partial charge on any atom is 0.573 e. The van der Waals surface area contributed by atoms with Gasteiger partial charge in [0.25, 0.3) is 10.1 Å². The molecule has 2 aromatic carbocycles. The normalized spacial score (nSPS) is 13.3. The molecule has 6 nitrogen and oxygen atoms in total. The molecule has 2 aromatic rings. The zero-order chi connectivity index (χ0) is 22.5. The van der Waals surface area contributed by atoms with Crippen LogP contribution in [0.15, 0.2) is 64.5 Å². The van der Waals surface area contributed by atoms with Crippen molar-refractivity contribution in [3.8, 4) is 5.75 Å². The highest BCUT2D eigenvalue weighted by molar-refractivity contribution is 7.85. The van der Waals surface area contributed by atoms with E-state index >= 15 is 0 Å². The topological polar surface area (TPSA) is 79.2 Å². The summed E-state index contributed by atoms with van der Waals surface area (Å²) in [6.45, 7) is 5.59. The van der Waals surface area contributed by atoms with E-state index in [2.05, 4.69) is 9.73 Å². The summed E-state index contributed by atoms with van der Waals surface area (Å²) in [6, 6.07) is 11.1. The first kappa shape index (κ1) is 23.4. The van der Waals surface area contributed by atoms with Crippen molar-refractivity contribution in [2.24, 2.45) is 4.99 Å². The Morgan fingerprint density at radius 3 is 2.27 bits per heavy atom. The second-order valence-electron chi connectivity index (χ2n) is 6.09. The van der Waals surface area contributed by atoms with Gasteiger partial charge in [-0.05, 0) is 57.2 Å². The van der Waals surface area contributed by atoms with Crippen molar-refractivity contribution in [2.75, 3.05) is 6.54 Å². The molecular weight excluding hydrogens is 421 g/mol. The molecule has 0 aliphatic carbocycles. The minimum absolute atomic E-state index is 0.246. The second-order valence-corrected chi connectivity index (χ2v) is 7.51. The first-order chi connectivity index (χ1) is 14.0. The molecule has 0 saturated carbocycles. The average Bonchev–Trinajstić information content (AvgIpc) is 2.65. The summed E-state index contributed by atoms with van der Waals surface area (Å²) in [5.41, 5.74) is 1.12. The molecule has 0 aliphatic rings. The van der Waals surface area contributed by atoms with Gasteiger partial charge in [0, 0.05) is 17.8 Å². The minimum Gasteiger partial charge on any atom is -0.405 e. The minimum atomic E-state index is -4.83. The van der Waals surface area contributed by atoms with Crippen molar-refractivity contribution >= 4 is 27.3 Å². The Balaban J connectivity index is 2.41. The van der Waals surface area contributed by atoms with Crippen LogP contribution in [0.5, 0.6) is 5.75 Å². The fourth-order valence-electron chi connectivity index (χ4n) is 2.86. The number of para-hydroxylation sites is 1. The number of benzene rings is 2. The van der Waals surface area contributed by atoms with Crippen LogP contribution in [0.2, 0.25) is 0 Å². The fourth-order valence-corrected chi connectivity index (χ4v) is 3.34. The van der Waals surface area contributed by atoms with Crippen LogP contribution >= 0.6 is 0 Å². The quantitative estimate of drug-likeness (QED) is 0.375. The van der Waals surface area contributed by atoms with Crippen molar-refractivity contribution in [2.45, 2.75) is 32.0 Å². The van der Waals surface area contributed by atoms with Gasteiger partial charge in [-0.15, -0.1) is 13.2 Å². The Labute approximate surface area is 173 Å². The van der Waals surface area contributed by atoms with E-state index in [1.165, 1.54) is 42.5 Å². The Morgan fingerprint density at radius 1 is 1.17 bits per heavy atom. The number of allylic oxidation sites excluding steroid dienone is 1. The third kappa shape index (κ3) is 6.07. The first-order valence-electron chi connectivity index (χ1n) is 8.88. The van der Waals surface area contributed by atoms with Gasteiger partial charge in [0.05, 0.1) is 10.6 Å². The largest absolute Gasteiger partial charge is 0.573 e. The molecule has 0 fully saturated rings. The molecule has 0 aromatic heterocycles. The maximum atomic E-state index is 12.8. The standard InChI is InChI=1S/C20H21F3N2O4S/c1-4-18(17-8-6-7-9-19(17)29-20(21,22)23)25(5-2)14(3)24-15-10-12-16(13-11-15)30(26,27)28/h4,6-13H,5H2,1-3H3,(H,26,27,28)/b18-4-,24-14?. The fraction of sp³-hybridized carbons (Fsp3) is 0.250. The summed E-state index contributed by atoms with van der Waals surface area (Å²) in [7, 11) is -4.32. The number of rotatable bonds is 6. The first-order valence-corrected chi connectivity index (χ1v) is 10.3. The number of nitrogens with zero attached hydrogens (tertiary/aromatic N) is 2. The molecular formula is C20H21F3N2O4S. The van der Waals surface area contributed by atoms with E-state index in [9.17, 15) is 21.6 Å². The summed E-state index contributed by atoms with van der Waals surface area (Å²) in [5, 5.41) is 0. The summed E-state index contributed by atoms with van der Waals surface area (Å²) < 4.78 is 73.9. The van der Waals surface area contributed by atoms with E-state index in [1.54, 1.807) is 30.9 Å². The van der Waals surface area contributed by atoms with Gasteiger partial charge in [-0.1, -0.05) is 18.2 Å². The van der Waals surface area contributed by atoms with Crippen molar-refractivity contribution in [1.82, 2.24) is 4.90 Å². The van der Waals surface area contributed by atoms with Gasteiger partial charge in [-0.25, -0.2) is 4.99 Å².